The van der Waals surface area contributed by atoms with E-state index >= 15 is 0 Å². The predicted octanol–water partition coefficient (Wildman–Crippen LogP) is 1.70. The molecule has 0 spiro atoms. The Morgan fingerprint density at radius 2 is 2.40 bits per heavy atom. The van der Waals surface area contributed by atoms with E-state index in [1.54, 1.807) is 0 Å². The van der Waals surface area contributed by atoms with Gasteiger partial charge in [0.2, 0.25) is 0 Å². The normalized spacial score (nSPS) is 13.7. The SMILES string of the molecule is OCCn1ncc2c1-c1ccsc1CC2. The maximum atomic E-state index is 8.98. The Labute approximate surface area is 92.0 Å². The van der Waals surface area contributed by atoms with E-state index in [0.29, 0.717) is 6.54 Å². The Bertz CT molecular complexity index is 486. The van der Waals surface area contributed by atoms with Crippen molar-refractivity contribution in [1.29, 1.82) is 0 Å². The number of hydrogen-bond donors (Lipinski definition) is 1. The highest BCUT2D eigenvalue weighted by molar-refractivity contribution is 7.10. The van der Waals surface area contributed by atoms with Crippen molar-refractivity contribution >= 4 is 11.3 Å². The molecule has 1 aliphatic carbocycles. The molecule has 3 nitrogen and oxygen atoms in total. The van der Waals surface area contributed by atoms with Crippen LogP contribution in [0, 0.1) is 0 Å². The Balaban J connectivity index is 2.16. The van der Waals surface area contributed by atoms with Gasteiger partial charge in [0, 0.05) is 10.4 Å². The number of aryl methyl sites for hydroxylation is 2. The van der Waals surface area contributed by atoms with E-state index in [9.17, 15) is 0 Å². The highest BCUT2D eigenvalue weighted by atomic mass is 32.1. The van der Waals surface area contributed by atoms with Gasteiger partial charge in [-0.05, 0) is 29.9 Å². The zero-order valence-corrected chi connectivity index (χ0v) is 9.13. The van der Waals surface area contributed by atoms with Crippen LogP contribution >= 0.6 is 11.3 Å². The Hall–Kier alpha value is -1.13. The molecular formula is C11H12N2OS. The minimum atomic E-state index is 0.146. The first-order valence-corrected chi connectivity index (χ1v) is 6.00. The molecule has 0 bridgehead atoms. The lowest BCUT2D eigenvalue weighted by Crippen LogP contribution is -2.08. The maximum absolute atomic E-state index is 8.98. The number of aliphatic hydroxyl groups excluding tert-OH is 1. The van der Waals surface area contributed by atoms with Crippen molar-refractivity contribution in [3.8, 4) is 11.3 Å². The van der Waals surface area contributed by atoms with Gasteiger partial charge < -0.3 is 5.11 Å². The lowest BCUT2D eigenvalue weighted by Gasteiger charge is -2.14. The highest BCUT2D eigenvalue weighted by Crippen LogP contribution is 2.36. The molecule has 0 radical (unpaired) electrons. The molecule has 2 heterocycles. The maximum Gasteiger partial charge on any atom is 0.0726 e. The van der Waals surface area contributed by atoms with Gasteiger partial charge in [-0.1, -0.05) is 0 Å². The summed E-state index contributed by atoms with van der Waals surface area (Å²) in [4.78, 5) is 1.45. The van der Waals surface area contributed by atoms with Gasteiger partial charge in [0.15, 0.2) is 0 Å². The number of nitrogens with zero attached hydrogens (tertiary/aromatic N) is 2. The van der Waals surface area contributed by atoms with Crippen LogP contribution in [0.5, 0.6) is 0 Å². The molecule has 0 aromatic carbocycles. The van der Waals surface area contributed by atoms with E-state index < -0.39 is 0 Å². The van der Waals surface area contributed by atoms with Gasteiger partial charge in [-0.15, -0.1) is 11.3 Å². The molecule has 1 N–H and O–H groups in total. The van der Waals surface area contributed by atoms with Crippen molar-refractivity contribution in [2.75, 3.05) is 6.61 Å². The van der Waals surface area contributed by atoms with E-state index in [1.165, 1.54) is 21.7 Å². The van der Waals surface area contributed by atoms with E-state index in [0.717, 1.165) is 12.8 Å². The van der Waals surface area contributed by atoms with Crippen molar-refractivity contribution in [2.24, 2.45) is 0 Å². The second-order valence-electron chi connectivity index (χ2n) is 3.72. The first kappa shape index (κ1) is 9.12. The van der Waals surface area contributed by atoms with Crippen molar-refractivity contribution < 1.29 is 5.11 Å². The fourth-order valence-electron chi connectivity index (χ4n) is 2.18. The Kier molecular flexibility index (Phi) is 2.11. The van der Waals surface area contributed by atoms with Crippen LogP contribution < -0.4 is 0 Å². The summed E-state index contributed by atoms with van der Waals surface area (Å²) in [5.41, 5.74) is 3.84. The summed E-state index contributed by atoms with van der Waals surface area (Å²) in [5, 5.41) is 15.4. The van der Waals surface area contributed by atoms with Gasteiger partial charge >= 0.3 is 0 Å². The van der Waals surface area contributed by atoms with Gasteiger partial charge in [-0.2, -0.15) is 5.10 Å². The number of aliphatic hydroxyl groups is 1. The fraction of sp³-hybridized carbons (Fsp3) is 0.364. The molecule has 78 valence electrons. The Morgan fingerprint density at radius 3 is 3.27 bits per heavy atom. The largest absolute Gasteiger partial charge is 0.394 e. The molecule has 1 aliphatic rings. The zero-order chi connectivity index (χ0) is 10.3. The minimum absolute atomic E-state index is 0.146. The molecular weight excluding hydrogens is 208 g/mol. The predicted molar refractivity (Wildman–Crippen MR) is 60.0 cm³/mol. The molecule has 0 saturated heterocycles. The van der Waals surface area contributed by atoms with Crippen LogP contribution in [0.3, 0.4) is 0 Å². The smallest absolute Gasteiger partial charge is 0.0726 e. The number of thiophene rings is 1. The quantitative estimate of drug-likeness (QED) is 0.836. The number of fused-ring (bicyclic) bond motifs is 3. The minimum Gasteiger partial charge on any atom is -0.394 e. The summed E-state index contributed by atoms with van der Waals surface area (Å²) in [5.74, 6) is 0. The molecule has 0 saturated carbocycles. The molecule has 0 unspecified atom stereocenters. The number of hydrogen-bond acceptors (Lipinski definition) is 3. The van der Waals surface area contributed by atoms with Gasteiger partial charge in [0.25, 0.3) is 0 Å². The summed E-state index contributed by atoms with van der Waals surface area (Å²) >= 11 is 1.82. The van der Waals surface area contributed by atoms with Crippen LogP contribution in [-0.2, 0) is 19.4 Å². The van der Waals surface area contributed by atoms with E-state index in [-0.39, 0.29) is 6.61 Å². The second-order valence-corrected chi connectivity index (χ2v) is 4.72. The van der Waals surface area contributed by atoms with Crippen LogP contribution in [0.15, 0.2) is 17.6 Å². The third kappa shape index (κ3) is 1.33. The molecule has 15 heavy (non-hydrogen) atoms. The number of rotatable bonds is 2. The average molecular weight is 220 g/mol. The van der Waals surface area contributed by atoms with Gasteiger partial charge in [-0.3, -0.25) is 4.68 Å². The average Bonchev–Trinajstić information content (AvgIpc) is 2.83. The molecule has 2 aromatic rings. The first-order chi connectivity index (χ1) is 7.40. The van der Waals surface area contributed by atoms with Gasteiger partial charge in [0.1, 0.15) is 0 Å². The van der Waals surface area contributed by atoms with E-state index in [4.69, 9.17) is 5.11 Å². The molecule has 3 rings (SSSR count). The zero-order valence-electron chi connectivity index (χ0n) is 8.31. The Morgan fingerprint density at radius 1 is 1.47 bits per heavy atom. The molecule has 0 fully saturated rings. The summed E-state index contributed by atoms with van der Waals surface area (Å²) in [6.07, 6.45) is 4.14. The van der Waals surface area contributed by atoms with Gasteiger partial charge in [0.05, 0.1) is 25.0 Å². The molecule has 0 amide bonds. The van der Waals surface area contributed by atoms with E-state index in [2.05, 4.69) is 16.5 Å². The van der Waals surface area contributed by atoms with Crippen LogP contribution in [0.4, 0.5) is 0 Å². The summed E-state index contributed by atoms with van der Waals surface area (Å²) < 4.78 is 1.92. The van der Waals surface area contributed by atoms with Crippen molar-refractivity contribution in [1.82, 2.24) is 9.78 Å². The van der Waals surface area contributed by atoms with Crippen LogP contribution in [0.2, 0.25) is 0 Å². The summed E-state index contributed by atoms with van der Waals surface area (Å²) in [7, 11) is 0. The third-order valence-electron chi connectivity index (χ3n) is 2.85. The van der Waals surface area contributed by atoms with Crippen molar-refractivity contribution in [2.45, 2.75) is 19.4 Å². The molecule has 4 heteroatoms. The third-order valence-corrected chi connectivity index (χ3v) is 3.83. The summed E-state index contributed by atoms with van der Waals surface area (Å²) in [6, 6.07) is 2.16. The topological polar surface area (TPSA) is 38.0 Å². The standard InChI is InChI=1S/C11H12N2OS/c14-5-4-13-11-8(7-12-13)1-2-10-9(11)3-6-15-10/h3,6-7,14H,1-2,4-5H2. The van der Waals surface area contributed by atoms with Crippen LogP contribution in [0.25, 0.3) is 11.3 Å². The molecule has 2 aromatic heterocycles. The monoisotopic (exact) mass is 220 g/mol. The van der Waals surface area contributed by atoms with Crippen LogP contribution in [-0.4, -0.2) is 21.5 Å². The first-order valence-electron chi connectivity index (χ1n) is 5.12. The lowest BCUT2D eigenvalue weighted by molar-refractivity contribution is 0.270. The van der Waals surface area contributed by atoms with Crippen LogP contribution in [0.1, 0.15) is 10.4 Å². The van der Waals surface area contributed by atoms with Gasteiger partial charge in [-0.25, -0.2) is 0 Å². The second kappa shape index (κ2) is 3.47. The molecule has 0 atom stereocenters. The van der Waals surface area contributed by atoms with E-state index in [1.807, 2.05) is 22.2 Å². The van der Waals surface area contributed by atoms with Crippen molar-refractivity contribution in [3.05, 3.63) is 28.1 Å². The van der Waals surface area contributed by atoms with Crippen molar-refractivity contribution in [3.63, 3.8) is 0 Å². The highest BCUT2D eigenvalue weighted by Gasteiger charge is 2.21. The summed E-state index contributed by atoms with van der Waals surface area (Å²) in [6.45, 7) is 0.734. The lowest BCUT2D eigenvalue weighted by atomic mass is 9.97. The number of aromatic nitrogens is 2. The molecule has 0 aliphatic heterocycles. The fourth-order valence-corrected chi connectivity index (χ4v) is 3.06.